The topological polar surface area (TPSA) is 139 Å². The average molecular weight is 776 g/mol. The Morgan fingerprint density at radius 2 is 1.58 bits per heavy atom. The van der Waals surface area contributed by atoms with Crippen molar-refractivity contribution in [2.45, 2.75) is 64.9 Å². The van der Waals surface area contributed by atoms with E-state index in [-0.39, 0.29) is 24.5 Å². The van der Waals surface area contributed by atoms with Crippen molar-refractivity contribution in [2.75, 3.05) is 34.9 Å². The van der Waals surface area contributed by atoms with Gasteiger partial charge in [-0.15, -0.1) is 5.92 Å². The highest BCUT2D eigenvalue weighted by molar-refractivity contribution is 5.83. The third kappa shape index (κ3) is 8.44. The molecule has 3 atom stereocenters. The largest absolute Gasteiger partial charge is 0.497 e. The number of carbonyl (C=O) groups excluding carboxylic acids is 1. The van der Waals surface area contributed by atoms with Crippen LogP contribution in [0, 0.1) is 17.3 Å². The molecule has 298 valence electrons. The van der Waals surface area contributed by atoms with E-state index >= 15 is 0 Å². The fourth-order valence-electron chi connectivity index (χ4n) is 6.71. The minimum Gasteiger partial charge on any atom is -0.497 e. The summed E-state index contributed by atoms with van der Waals surface area (Å²) >= 11 is 0. The number of hydrogen-bond acceptors (Lipinski definition) is 10. The maximum Gasteiger partial charge on any atom is 0.312 e. The number of aromatic nitrogens is 3. The summed E-state index contributed by atoms with van der Waals surface area (Å²) in [7, 11) is 6.81. The molecule has 1 saturated heterocycles. The summed E-state index contributed by atoms with van der Waals surface area (Å²) in [5, 5.41) is 11.6. The SMILES string of the molecule is CC#Cc1cn([C@H]2C[C@H](O)[C@@H](COC(c3ccccc3)(c3ccc(OC)cc3)c3ccc(OC)cc3)O2)c2c(=O)n(COC(=O)C(C)(C)C)c(/N=C/N(C)C)nc12. The van der Waals surface area contributed by atoms with Crippen LogP contribution >= 0.6 is 0 Å². The van der Waals surface area contributed by atoms with E-state index in [0.717, 1.165) is 16.7 Å². The first-order valence-corrected chi connectivity index (χ1v) is 18.6. The Balaban J connectivity index is 1.40. The smallest absolute Gasteiger partial charge is 0.312 e. The van der Waals surface area contributed by atoms with Crippen molar-refractivity contribution in [1.82, 2.24) is 19.0 Å². The van der Waals surface area contributed by atoms with Crippen LogP contribution in [0.1, 0.15) is 62.6 Å². The molecule has 2 aromatic heterocycles. The summed E-state index contributed by atoms with van der Waals surface area (Å²) < 4.78 is 33.0. The number of aliphatic hydroxyl groups excluding tert-OH is 1. The highest BCUT2D eigenvalue weighted by Crippen LogP contribution is 2.43. The molecule has 1 fully saturated rings. The van der Waals surface area contributed by atoms with Crippen molar-refractivity contribution in [3.63, 3.8) is 0 Å². The Morgan fingerprint density at radius 1 is 0.982 bits per heavy atom. The number of nitrogens with zero attached hydrogens (tertiary/aromatic N) is 5. The summed E-state index contributed by atoms with van der Waals surface area (Å²) in [6.45, 7) is 6.43. The van der Waals surface area contributed by atoms with Crippen LogP contribution in [-0.4, -0.2) is 83.6 Å². The lowest BCUT2D eigenvalue weighted by atomic mass is 9.80. The van der Waals surface area contributed by atoms with E-state index in [1.807, 2.05) is 78.9 Å². The first-order valence-electron chi connectivity index (χ1n) is 18.6. The maximum atomic E-state index is 14.4. The molecule has 1 N–H and O–H groups in total. The quantitative estimate of drug-likeness (QED) is 0.0498. The van der Waals surface area contributed by atoms with Crippen molar-refractivity contribution in [3.05, 3.63) is 118 Å². The molecule has 0 saturated carbocycles. The van der Waals surface area contributed by atoms with Crippen LogP contribution in [0.3, 0.4) is 0 Å². The van der Waals surface area contributed by atoms with Gasteiger partial charge in [-0.25, -0.2) is 14.5 Å². The van der Waals surface area contributed by atoms with Crippen molar-refractivity contribution in [3.8, 4) is 23.3 Å². The van der Waals surface area contributed by atoms with E-state index < -0.39 is 47.7 Å². The summed E-state index contributed by atoms with van der Waals surface area (Å²) in [6.07, 6.45) is 0.767. The van der Waals surface area contributed by atoms with Gasteiger partial charge in [-0.1, -0.05) is 60.5 Å². The monoisotopic (exact) mass is 775 g/mol. The maximum absolute atomic E-state index is 14.4. The zero-order valence-electron chi connectivity index (χ0n) is 33.6. The summed E-state index contributed by atoms with van der Waals surface area (Å²) in [5.74, 6) is 6.88. The predicted octanol–water partition coefficient (Wildman–Crippen LogP) is 6.01. The second kappa shape index (κ2) is 17.1. The van der Waals surface area contributed by atoms with Gasteiger partial charge in [-0.3, -0.25) is 9.59 Å². The Hall–Kier alpha value is -5.94. The molecular weight excluding hydrogens is 727 g/mol. The molecule has 3 heterocycles. The zero-order valence-corrected chi connectivity index (χ0v) is 33.6. The molecule has 13 heteroatoms. The zero-order chi connectivity index (χ0) is 40.9. The molecule has 0 bridgehead atoms. The van der Waals surface area contributed by atoms with Gasteiger partial charge in [-0.05, 0) is 68.7 Å². The lowest BCUT2D eigenvalue weighted by Crippen LogP contribution is -2.38. The molecule has 3 aromatic carbocycles. The number of esters is 1. The molecule has 1 aliphatic heterocycles. The number of fused-ring (bicyclic) bond motifs is 1. The summed E-state index contributed by atoms with van der Waals surface area (Å²) in [5.41, 5.74) is 0.995. The van der Waals surface area contributed by atoms with Gasteiger partial charge in [0, 0.05) is 26.7 Å². The van der Waals surface area contributed by atoms with Gasteiger partial charge < -0.3 is 38.3 Å². The second-order valence-electron chi connectivity index (χ2n) is 14.9. The van der Waals surface area contributed by atoms with E-state index in [1.165, 1.54) is 10.9 Å². The molecule has 6 rings (SSSR count). The number of hydrogen-bond donors (Lipinski definition) is 1. The lowest BCUT2D eigenvalue weighted by Gasteiger charge is -2.37. The summed E-state index contributed by atoms with van der Waals surface area (Å²) in [6, 6.07) is 25.2. The van der Waals surface area contributed by atoms with Gasteiger partial charge >= 0.3 is 5.97 Å². The first-order chi connectivity index (χ1) is 27.3. The number of rotatable bonds is 13. The van der Waals surface area contributed by atoms with Crippen molar-refractivity contribution < 1.29 is 33.6 Å². The fourth-order valence-corrected chi connectivity index (χ4v) is 6.71. The number of carbonyl (C=O) groups is 1. The highest BCUT2D eigenvalue weighted by atomic mass is 16.6. The normalized spacial score (nSPS) is 17.0. The van der Waals surface area contributed by atoms with E-state index in [1.54, 1.807) is 71.7 Å². The van der Waals surface area contributed by atoms with Crippen molar-refractivity contribution >= 4 is 29.3 Å². The third-order valence-corrected chi connectivity index (χ3v) is 9.66. The minimum atomic E-state index is -1.14. The van der Waals surface area contributed by atoms with E-state index in [2.05, 4.69) is 16.8 Å². The Labute approximate surface area is 332 Å². The number of methoxy groups -OCH3 is 2. The average Bonchev–Trinajstić information content (AvgIpc) is 3.76. The molecule has 0 spiro atoms. The predicted molar refractivity (Wildman–Crippen MR) is 217 cm³/mol. The van der Waals surface area contributed by atoms with Crippen molar-refractivity contribution in [1.29, 1.82) is 0 Å². The minimum absolute atomic E-state index is 0.0277. The standard InChI is InChI=1S/C44H49N5O8/c1-9-13-29-25-48(39-38(29)46-42(45-27-47(5)6)49(40(39)51)28-55-41(52)43(2,3)4)37-24-35(50)36(57-37)26-56-44(30-14-11-10-12-15-30,31-16-20-33(53-7)21-17-31)32-18-22-34(54-8)23-19-32/h10-12,14-23,25,27,35-37,50H,24,26,28H2,1-8H3/b45-27+/t35-,36+,37+/m0/s1. The lowest BCUT2D eigenvalue weighted by molar-refractivity contribution is -0.157. The van der Waals surface area contributed by atoms with Crippen LogP contribution in [0.2, 0.25) is 0 Å². The van der Waals surface area contributed by atoms with Crippen LogP contribution in [-0.2, 0) is 31.3 Å². The highest BCUT2D eigenvalue weighted by Gasteiger charge is 2.42. The summed E-state index contributed by atoms with van der Waals surface area (Å²) in [4.78, 5) is 38.1. The van der Waals surface area contributed by atoms with Crippen LogP contribution in [0.4, 0.5) is 5.95 Å². The van der Waals surface area contributed by atoms with Gasteiger partial charge in [0.2, 0.25) is 5.95 Å². The van der Waals surface area contributed by atoms with E-state index in [0.29, 0.717) is 22.6 Å². The van der Waals surface area contributed by atoms with Gasteiger partial charge in [0.15, 0.2) is 6.73 Å². The molecule has 0 amide bonds. The van der Waals surface area contributed by atoms with Crippen LogP contribution in [0.15, 0.2) is 94.8 Å². The number of aliphatic hydroxyl groups is 1. The van der Waals surface area contributed by atoms with Crippen LogP contribution in [0.25, 0.3) is 11.0 Å². The molecule has 5 aromatic rings. The molecular formula is C44H49N5O8. The molecule has 0 aliphatic carbocycles. The number of ether oxygens (including phenoxy) is 5. The molecule has 1 aliphatic rings. The molecule has 13 nitrogen and oxygen atoms in total. The number of benzene rings is 3. The van der Waals surface area contributed by atoms with Gasteiger partial charge in [0.1, 0.15) is 40.5 Å². The van der Waals surface area contributed by atoms with Crippen LogP contribution < -0.4 is 15.0 Å². The van der Waals surface area contributed by atoms with Gasteiger partial charge in [-0.2, -0.15) is 0 Å². The number of aliphatic imine (C=N–C) groups is 1. The van der Waals surface area contributed by atoms with Crippen molar-refractivity contribution in [2.24, 2.45) is 10.4 Å². The molecule has 0 unspecified atom stereocenters. The Bertz CT molecular complexity index is 2290. The van der Waals surface area contributed by atoms with Gasteiger partial charge in [0.25, 0.3) is 5.56 Å². The van der Waals surface area contributed by atoms with E-state index in [4.69, 9.17) is 28.7 Å². The second-order valence-corrected chi connectivity index (χ2v) is 14.9. The van der Waals surface area contributed by atoms with Gasteiger partial charge in [0.05, 0.1) is 44.2 Å². The first kappa shape index (κ1) is 40.7. The van der Waals surface area contributed by atoms with E-state index in [9.17, 15) is 14.7 Å². The third-order valence-electron chi connectivity index (χ3n) is 9.66. The Kier molecular flexibility index (Phi) is 12.2. The van der Waals surface area contributed by atoms with Crippen LogP contribution in [0.5, 0.6) is 11.5 Å². The molecule has 0 radical (unpaired) electrons. The Morgan fingerprint density at radius 3 is 2.12 bits per heavy atom. The molecule has 57 heavy (non-hydrogen) atoms. The fraction of sp³-hybridized carbons (Fsp3) is 0.364.